The van der Waals surface area contributed by atoms with Gasteiger partial charge in [0.15, 0.2) is 0 Å². The molecule has 1 unspecified atom stereocenters. The minimum absolute atomic E-state index is 0.404. The lowest BCUT2D eigenvalue weighted by Crippen LogP contribution is -1.64. The smallest absolute Gasteiger partial charge is 0.111 e. The highest BCUT2D eigenvalue weighted by atomic mass is 32.1. The van der Waals surface area contributed by atoms with Gasteiger partial charge in [-0.25, -0.2) is 0 Å². The molecule has 0 saturated carbocycles. The summed E-state index contributed by atoms with van der Waals surface area (Å²) >= 11 is 0. The molecule has 42 valence electrons. The van der Waals surface area contributed by atoms with Crippen LogP contribution in [0.25, 0.3) is 0 Å². The average molecular weight is 163 g/mol. The van der Waals surface area contributed by atoms with Crippen molar-refractivity contribution in [3.63, 3.8) is 0 Å². The molecule has 0 amide bonds. The fraction of sp³-hybridized carbons (Fsp3) is 0.333. The van der Waals surface area contributed by atoms with E-state index < -0.39 is 0 Å². The van der Waals surface area contributed by atoms with E-state index >= 15 is 0 Å². The van der Waals surface area contributed by atoms with Gasteiger partial charge in [-0.1, -0.05) is 20.6 Å². The summed E-state index contributed by atoms with van der Waals surface area (Å²) in [5, 5.41) is 3.99. The summed E-state index contributed by atoms with van der Waals surface area (Å²) in [6, 6.07) is 0. The van der Waals surface area contributed by atoms with E-state index in [1.54, 1.807) is 0 Å². The van der Waals surface area contributed by atoms with Crippen molar-refractivity contribution in [1.29, 1.82) is 0 Å². The van der Waals surface area contributed by atoms with Gasteiger partial charge in [-0.3, -0.25) is 0 Å². The second kappa shape index (κ2) is 3.30. The first-order valence-electron chi connectivity index (χ1n) is 2.07. The van der Waals surface area contributed by atoms with Crippen LogP contribution in [0.2, 0.25) is 0 Å². The summed E-state index contributed by atoms with van der Waals surface area (Å²) in [6.45, 7) is 0.404. The van der Waals surface area contributed by atoms with Gasteiger partial charge in [0.05, 0.1) is 0 Å². The summed E-state index contributed by atoms with van der Waals surface area (Å²) in [5.41, 5.74) is 0. The molecule has 1 aromatic heterocycles. The fourth-order valence-corrected chi connectivity index (χ4v) is 5.83. The second-order valence-corrected chi connectivity index (χ2v) is 6.61. The normalized spacial score (nSPS) is 12.0. The summed E-state index contributed by atoms with van der Waals surface area (Å²) in [4.78, 5) is 9.67. The van der Waals surface area contributed by atoms with E-state index in [-0.39, 0.29) is 0 Å². The maximum Gasteiger partial charge on any atom is 0.111 e. The molecule has 0 aliphatic carbocycles. The largest absolute Gasteiger partial charge is 0.150 e. The molecule has 1 atom stereocenters. The Bertz CT molecular complexity index is 161. The van der Waals surface area contributed by atoms with Crippen LogP contribution in [0.4, 0.5) is 0 Å². The Balaban J connectivity index is 2.62. The zero-order valence-electron chi connectivity index (χ0n) is 4.03. The van der Waals surface area contributed by atoms with Crippen molar-refractivity contribution in [3.05, 3.63) is 16.0 Å². The van der Waals surface area contributed by atoms with Gasteiger partial charge < -0.3 is 0 Å². The fourth-order valence-electron chi connectivity index (χ4n) is 0.368. The van der Waals surface area contributed by atoms with Crippen molar-refractivity contribution >= 4 is 23.3 Å². The standard InChI is InChI=1S/C3H4NOP3/c5-4-1-3-2-6-8-7-3/h2,8H,1H2. The molecule has 0 saturated heterocycles. The predicted octanol–water partition coefficient (Wildman–Crippen LogP) is 3.14. The van der Waals surface area contributed by atoms with E-state index in [0.717, 1.165) is 7.55 Å². The lowest BCUT2D eigenvalue weighted by atomic mass is 10.6. The van der Waals surface area contributed by atoms with E-state index in [1.165, 1.54) is 21.0 Å². The van der Waals surface area contributed by atoms with Gasteiger partial charge in [0.2, 0.25) is 0 Å². The van der Waals surface area contributed by atoms with Crippen LogP contribution in [0.5, 0.6) is 0 Å². The molecule has 0 N–H and O–H groups in total. The van der Waals surface area contributed by atoms with Crippen LogP contribution < -0.4 is 0 Å². The number of hydrogen-bond donors (Lipinski definition) is 0. The minimum Gasteiger partial charge on any atom is -0.150 e. The van der Waals surface area contributed by atoms with Crippen molar-refractivity contribution in [2.24, 2.45) is 5.18 Å². The summed E-state index contributed by atoms with van der Waals surface area (Å²) < 4.78 is 0. The van der Waals surface area contributed by atoms with Crippen LogP contribution in [0.15, 0.2) is 11.0 Å². The molecule has 0 fully saturated rings. The van der Waals surface area contributed by atoms with E-state index in [0.29, 0.717) is 6.54 Å². The quantitative estimate of drug-likeness (QED) is 0.615. The first kappa shape index (κ1) is 6.36. The van der Waals surface area contributed by atoms with Crippen LogP contribution in [-0.4, -0.2) is 0 Å². The van der Waals surface area contributed by atoms with E-state index in [4.69, 9.17) is 0 Å². The van der Waals surface area contributed by atoms with E-state index in [9.17, 15) is 4.91 Å². The molecule has 1 aromatic rings. The highest BCUT2D eigenvalue weighted by molar-refractivity contribution is 8.17. The maximum absolute atomic E-state index is 9.67. The van der Waals surface area contributed by atoms with Crippen LogP contribution in [-0.2, 0) is 6.54 Å². The summed E-state index contributed by atoms with van der Waals surface area (Å²) in [7, 11) is 3.64. The molecule has 0 spiro atoms. The third-order valence-corrected chi connectivity index (χ3v) is 5.94. The molecule has 0 aliphatic heterocycles. The van der Waals surface area contributed by atoms with Gasteiger partial charge in [0.25, 0.3) is 0 Å². The summed E-state index contributed by atoms with van der Waals surface area (Å²) in [5.74, 6) is 2.08. The molecule has 1 rings (SSSR count). The number of rotatable bonds is 2. The van der Waals surface area contributed by atoms with Gasteiger partial charge in [-0.15, -0.1) is 0 Å². The highest BCUT2D eigenvalue weighted by Gasteiger charge is 1.88. The van der Waals surface area contributed by atoms with Gasteiger partial charge in [-0.05, 0) is 13.7 Å². The van der Waals surface area contributed by atoms with E-state index in [2.05, 4.69) is 11.0 Å². The number of nitrogens with zero attached hydrogens (tertiary/aromatic N) is 1. The zero-order valence-corrected chi connectivity index (χ0v) is 6.82. The Labute approximate surface area is 51.8 Å². The monoisotopic (exact) mass is 163 g/mol. The van der Waals surface area contributed by atoms with Gasteiger partial charge >= 0.3 is 0 Å². The molecule has 5 heteroatoms. The summed E-state index contributed by atoms with van der Waals surface area (Å²) in [6.07, 6.45) is 0. The molecule has 1 heterocycles. The first-order valence-corrected chi connectivity index (χ1v) is 6.61. The molecule has 0 aliphatic rings. The highest BCUT2D eigenvalue weighted by Crippen LogP contribution is 2.36. The van der Waals surface area contributed by atoms with Crippen molar-refractivity contribution in [1.82, 2.24) is 0 Å². The lowest BCUT2D eigenvalue weighted by Gasteiger charge is -1.76. The average Bonchev–Trinajstić information content (AvgIpc) is 2.19. The predicted molar refractivity (Wildman–Crippen MR) is 40.5 cm³/mol. The SMILES string of the molecule is O=NCc1cp[pH]p1. The molecule has 0 aromatic carbocycles. The van der Waals surface area contributed by atoms with Gasteiger partial charge in [-0.2, -0.15) is 4.91 Å². The first-order chi connectivity index (χ1) is 3.93. The van der Waals surface area contributed by atoms with Crippen LogP contribution in [0.1, 0.15) is 5.30 Å². The third kappa shape index (κ3) is 1.63. The zero-order chi connectivity index (χ0) is 5.82. The molecule has 0 bridgehead atoms. The van der Waals surface area contributed by atoms with Crippen molar-refractivity contribution in [3.8, 4) is 0 Å². The number of nitroso groups, excluding NO2 is 1. The molecule has 2 nitrogen and oxygen atoms in total. The Morgan fingerprint density at radius 2 is 2.75 bits per heavy atom. The maximum atomic E-state index is 9.67. The Kier molecular flexibility index (Phi) is 2.63. The molecule has 8 heavy (non-hydrogen) atoms. The Morgan fingerprint density at radius 1 is 1.88 bits per heavy atom. The topological polar surface area (TPSA) is 29.4 Å². The van der Waals surface area contributed by atoms with Crippen molar-refractivity contribution < 1.29 is 0 Å². The van der Waals surface area contributed by atoms with Crippen LogP contribution in [0.3, 0.4) is 0 Å². The lowest BCUT2D eigenvalue weighted by molar-refractivity contribution is 1.09. The number of hydrogen-bond acceptors (Lipinski definition) is 2. The van der Waals surface area contributed by atoms with Gasteiger partial charge in [0, 0.05) is 5.30 Å². The second-order valence-electron chi connectivity index (χ2n) is 1.25. The molecular weight excluding hydrogens is 159 g/mol. The van der Waals surface area contributed by atoms with Crippen LogP contribution >= 0.6 is 23.3 Å². The van der Waals surface area contributed by atoms with E-state index in [1.807, 2.05) is 0 Å². The molecular formula is C3H4NOP3. The Morgan fingerprint density at radius 3 is 3.25 bits per heavy atom. The van der Waals surface area contributed by atoms with Crippen molar-refractivity contribution in [2.75, 3.05) is 0 Å². The van der Waals surface area contributed by atoms with Crippen molar-refractivity contribution in [2.45, 2.75) is 6.54 Å². The Hall–Kier alpha value is 0.240. The minimum atomic E-state index is 0.404. The molecule has 0 radical (unpaired) electrons. The van der Waals surface area contributed by atoms with Crippen LogP contribution in [0, 0.1) is 4.91 Å². The third-order valence-electron chi connectivity index (χ3n) is 0.691. The van der Waals surface area contributed by atoms with Gasteiger partial charge in [0.1, 0.15) is 6.54 Å².